The molecular formula is C21H23ClF3N3O. The van der Waals surface area contributed by atoms with Crippen LogP contribution in [0.3, 0.4) is 0 Å². The molecule has 8 heteroatoms. The molecule has 1 unspecified atom stereocenters. The molecule has 0 radical (unpaired) electrons. The van der Waals surface area contributed by atoms with Crippen molar-refractivity contribution >= 4 is 34.6 Å². The van der Waals surface area contributed by atoms with Crippen LogP contribution in [0.5, 0.6) is 0 Å². The summed E-state index contributed by atoms with van der Waals surface area (Å²) in [6.45, 7) is 3.67. The minimum absolute atomic E-state index is 0.0460. The zero-order chi connectivity index (χ0) is 21.0. The average molecular weight is 426 g/mol. The standard InChI is InChI=1S/C21H23ClF3N3O/c1-14(20(29)27-19-10-5-15(22)13-18(19)21(23,24)25)26-16-6-8-17(9-7-16)28-11-3-2-4-12-28/h5-10,13-14,26H,2-4,11-12H2,1H3,(H,27,29). The third-order valence-corrected chi connectivity index (χ3v) is 5.14. The molecule has 1 aliphatic heterocycles. The molecule has 1 fully saturated rings. The van der Waals surface area contributed by atoms with E-state index in [0.717, 1.165) is 36.6 Å². The molecule has 0 spiro atoms. The van der Waals surface area contributed by atoms with Gasteiger partial charge in [-0.25, -0.2) is 0 Å². The summed E-state index contributed by atoms with van der Waals surface area (Å²) in [5, 5.41) is 5.32. The number of halogens is 4. The van der Waals surface area contributed by atoms with Crippen LogP contribution in [0.1, 0.15) is 31.7 Å². The van der Waals surface area contributed by atoms with Crippen LogP contribution in [0.4, 0.5) is 30.2 Å². The molecule has 0 aliphatic carbocycles. The maximum atomic E-state index is 13.2. The highest BCUT2D eigenvalue weighted by Gasteiger charge is 2.34. The van der Waals surface area contributed by atoms with Gasteiger partial charge in [0.1, 0.15) is 6.04 Å². The fraction of sp³-hybridized carbons (Fsp3) is 0.381. The second kappa shape index (κ2) is 8.95. The van der Waals surface area contributed by atoms with Crippen molar-refractivity contribution in [2.24, 2.45) is 0 Å². The number of nitrogens with one attached hydrogen (secondary N) is 2. The zero-order valence-corrected chi connectivity index (χ0v) is 16.8. The van der Waals surface area contributed by atoms with Gasteiger partial charge in [0.2, 0.25) is 5.91 Å². The Hall–Kier alpha value is -2.41. The summed E-state index contributed by atoms with van der Waals surface area (Å²) < 4.78 is 39.6. The first-order chi connectivity index (χ1) is 13.7. The number of nitrogens with zero attached hydrogens (tertiary/aromatic N) is 1. The van der Waals surface area contributed by atoms with E-state index in [9.17, 15) is 18.0 Å². The monoisotopic (exact) mass is 425 g/mol. The van der Waals surface area contributed by atoms with Crippen molar-refractivity contribution < 1.29 is 18.0 Å². The van der Waals surface area contributed by atoms with E-state index in [0.29, 0.717) is 0 Å². The third-order valence-electron chi connectivity index (χ3n) is 4.91. The first kappa shape index (κ1) is 21.3. The molecule has 2 aromatic rings. The van der Waals surface area contributed by atoms with Gasteiger partial charge in [-0.2, -0.15) is 13.2 Å². The van der Waals surface area contributed by atoms with Crippen molar-refractivity contribution in [3.63, 3.8) is 0 Å². The van der Waals surface area contributed by atoms with E-state index in [2.05, 4.69) is 15.5 Å². The highest BCUT2D eigenvalue weighted by atomic mass is 35.5. The van der Waals surface area contributed by atoms with Gasteiger partial charge in [0.15, 0.2) is 0 Å². The summed E-state index contributed by atoms with van der Waals surface area (Å²) >= 11 is 5.67. The van der Waals surface area contributed by atoms with E-state index in [1.165, 1.54) is 25.3 Å². The van der Waals surface area contributed by atoms with E-state index >= 15 is 0 Å². The van der Waals surface area contributed by atoms with Crippen molar-refractivity contribution in [3.8, 4) is 0 Å². The molecule has 1 saturated heterocycles. The van der Waals surface area contributed by atoms with Crippen LogP contribution in [0, 0.1) is 0 Å². The Bertz CT molecular complexity index is 849. The summed E-state index contributed by atoms with van der Waals surface area (Å²) in [6, 6.07) is 10.3. The molecule has 3 rings (SSSR count). The Morgan fingerprint density at radius 1 is 1.07 bits per heavy atom. The topological polar surface area (TPSA) is 44.4 Å². The summed E-state index contributed by atoms with van der Waals surface area (Å²) in [6.07, 6.45) is -0.995. The van der Waals surface area contributed by atoms with E-state index in [-0.39, 0.29) is 10.7 Å². The van der Waals surface area contributed by atoms with Crippen LogP contribution in [-0.2, 0) is 11.0 Å². The Balaban J connectivity index is 1.64. The molecule has 1 heterocycles. The van der Waals surface area contributed by atoms with E-state index in [1.807, 2.05) is 24.3 Å². The first-order valence-corrected chi connectivity index (χ1v) is 9.91. The van der Waals surface area contributed by atoms with Gasteiger partial charge in [-0.05, 0) is 68.7 Å². The number of piperidine rings is 1. The number of hydrogen-bond donors (Lipinski definition) is 2. The van der Waals surface area contributed by atoms with Crippen molar-refractivity contribution in [1.29, 1.82) is 0 Å². The van der Waals surface area contributed by atoms with Crippen molar-refractivity contribution in [1.82, 2.24) is 0 Å². The van der Waals surface area contributed by atoms with Gasteiger partial charge in [0.05, 0.1) is 11.3 Å². The Morgan fingerprint density at radius 3 is 2.34 bits per heavy atom. The zero-order valence-electron chi connectivity index (χ0n) is 16.0. The number of benzene rings is 2. The fourth-order valence-corrected chi connectivity index (χ4v) is 3.51. The number of hydrogen-bond acceptors (Lipinski definition) is 3. The Labute approximate surface area is 173 Å². The lowest BCUT2D eigenvalue weighted by Gasteiger charge is -2.29. The van der Waals surface area contributed by atoms with Gasteiger partial charge in [-0.3, -0.25) is 4.79 Å². The molecule has 156 valence electrons. The number of alkyl halides is 3. The first-order valence-electron chi connectivity index (χ1n) is 9.53. The number of carbonyl (C=O) groups is 1. The number of amides is 1. The van der Waals surface area contributed by atoms with Crippen LogP contribution < -0.4 is 15.5 Å². The minimum atomic E-state index is -4.62. The Morgan fingerprint density at radius 2 is 1.72 bits per heavy atom. The molecule has 0 saturated carbocycles. The molecule has 1 atom stereocenters. The maximum Gasteiger partial charge on any atom is 0.418 e. The van der Waals surface area contributed by atoms with Gasteiger partial charge in [-0.15, -0.1) is 0 Å². The number of anilines is 3. The summed E-state index contributed by atoms with van der Waals surface area (Å²) in [7, 11) is 0. The second-order valence-corrected chi connectivity index (χ2v) is 7.57. The van der Waals surface area contributed by atoms with Gasteiger partial charge in [-0.1, -0.05) is 11.6 Å². The number of carbonyl (C=O) groups excluding carboxylic acids is 1. The molecule has 0 bridgehead atoms. The van der Waals surface area contributed by atoms with Gasteiger partial charge >= 0.3 is 6.18 Å². The normalized spacial score (nSPS) is 15.7. The SMILES string of the molecule is CC(Nc1ccc(N2CCCCC2)cc1)C(=O)Nc1ccc(Cl)cc1C(F)(F)F. The fourth-order valence-electron chi connectivity index (χ4n) is 3.34. The van der Waals surface area contributed by atoms with Crippen LogP contribution in [0.2, 0.25) is 5.02 Å². The van der Waals surface area contributed by atoms with Crippen molar-refractivity contribution in [3.05, 3.63) is 53.1 Å². The van der Waals surface area contributed by atoms with E-state index < -0.39 is 23.7 Å². The van der Waals surface area contributed by atoms with Gasteiger partial charge < -0.3 is 15.5 Å². The lowest BCUT2D eigenvalue weighted by Crippen LogP contribution is -2.32. The van der Waals surface area contributed by atoms with Crippen LogP contribution >= 0.6 is 11.6 Å². The molecule has 1 aliphatic rings. The molecule has 1 amide bonds. The van der Waals surface area contributed by atoms with Gasteiger partial charge in [0, 0.05) is 29.5 Å². The highest BCUT2D eigenvalue weighted by Crippen LogP contribution is 2.36. The number of rotatable bonds is 5. The molecular weight excluding hydrogens is 403 g/mol. The lowest BCUT2D eigenvalue weighted by atomic mass is 10.1. The quantitative estimate of drug-likeness (QED) is 0.637. The molecule has 0 aromatic heterocycles. The minimum Gasteiger partial charge on any atom is -0.374 e. The highest BCUT2D eigenvalue weighted by molar-refractivity contribution is 6.30. The molecule has 4 nitrogen and oxygen atoms in total. The predicted molar refractivity (Wildman–Crippen MR) is 111 cm³/mol. The van der Waals surface area contributed by atoms with Crippen LogP contribution in [0.25, 0.3) is 0 Å². The second-order valence-electron chi connectivity index (χ2n) is 7.14. The summed E-state index contributed by atoms with van der Waals surface area (Å²) in [5.74, 6) is -0.571. The molecule has 2 N–H and O–H groups in total. The van der Waals surface area contributed by atoms with E-state index in [4.69, 9.17) is 11.6 Å². The smallest absolute Gasteiger partial charge is 0.374 e. The van der Waals surface area contributed by atoms with Crippen molar-refractivity contribution in [2.75, 3.05) is 28.6 Å². The van der Waals surface area contributed by atoms with Crippen LogP contribution in [-0.4, -0.2) is 25.0 Å². The third kappa shape index (κ3) is 5.56. The summed E-state index contributed by atoms with van der Waals surface area (Å²) in [5.41, 5.74) is 0.557. The van der Waals surface area contributed by atoms with Crippen LogP contribution in [0.15, 0.2) is 42.5 Å². The predicted octanol–water partition coefficient (Wildman–Crippen LogP) is 5.79. The Kier molecular flexibility index (Phi) is 6.57. The largest absolute Gasteiger partial charge is 0.418 e. The van der Waals surface area contributed by atoms with Crippen molar-refractivity contribution in [2.45, 2.75) is 38.4 Å². The molecule has 2 aromatic carbocycles. The lowest BCUT2D eigenvalue weighted by molar-refractivity contribution is -0.137. The average Bonchev–Trinajstić information content (AvgIpc) is 2.69. The summed E-state index contributed by atoms with van der Waals surface area (Å²) in [4.78, 5) is 14.7. The molecule has 29 heavy (non-hydrogen) atoms. The van der Waals surface area contributed by atoms with E-state index in [1.54, 1.807) is 6.92 Å². The van der Waals surface area contributed by atoms with Gasteiger partial charge in [0.25, 0.3) is 0 Å². The maximum absolute atomic E-state index is 13.2.